The first-order valence-corrected chi connectivity index (χ1v) is 6.33. The molecule has 15 heavy (non-hydrogen) atoms. The van der Waals surface area contributed by atoms with Crippen LogP contribution in [0.5, 0.6) is 0 Å². The third-order valence-electron chi connectivity index (χ3n) is 2.20. The molecule has 1 rings (SSSR count). The van der Waals surface area contributed by atoms with Crippen LogP contribution in [0.4, 0.5) is 5.69 Å². The molecular formula is C11H16ClNOS. The molecule has 3 N–H and O–H groups in total. The highest BCUT2D eigenvalue weighted by atomic mass is 35.5. The standard InChI is InChI=1S/C11H16ClNOS/c1-8(5-6-14)15-7-9-10(12)3-2-4-11(9)13/h2-4,8,14H,5-7,13H2,1H3. The molecule has 0 bridgehead atoms. The predicted octanol–water partition coefficient (Wildman–Crippen LogP) is 2.93. The van der Waals surface area contributed by atoms with Gasteiger partial charge in [-0.1, -0.05) is 24.6 Å². The van der Waals surface area contributed by atoms with Gasteiger partial charge in [0.05, 0.1) is 0 Å². The van der Waals surface area contributed by atoms with E-state index in [1.807, 2.05) is 18.2 Å². The maximum atomic E-state index is 8.78. The Morgan fingerprint density at radius 3 is 2.87 bits per heavy atom. The Bertz CT molecular complexity index is 299. The lowest BCUT2D eigenvalue weighted by Gasteiger charge is -2.11. The molecule has 0 aliphatic rings. The van der Waals surface area contributed by atoms with Crippen molar-refractivity contribution in [1.29, 1.82) is 0 Å². The summed E-state index contributed by atoms with van der Waals surface area (Å²) in [6.07, 6.45) is 0.801. The third-order valence-corrected chi connectivity index (χ3v) is 3.82. The van der Waals surface area contributed by atoms with E-state index in [0.717, 1.165) is 28.4 Å². The van der Waals surface area contributed by atoms with Crippen molar-refractivity contribution in [2.24, 2.45) is 0 Å². The minimum Gasteiger partial charge on any atom is -0.398 e. The van der Waals surface area contributed by atoms with Gasteiger partial charge < -0.3 is 10.8 Å². The van der Waals surface area contributed by atoms with Gasteiger partial charge in [-0.3, -0.25) is 0 Å². The van der Waals surface area contributed by atoms with Gasteiger partial charge in [0.25, 0.3) is 0 Å². The van der Waals surface area contributed by atoms with Crippen molar-refractivity contribution >= 4 is 29.1 Å². The number of thioether (sulfide) groups is 1. The molecule has 0 aliphatic carbocycles. The van der Waals surface area contributed by atoms with Gasteiger partial charge in [-0.05, 0) is 18.6 Å². The zero-order valence-corrected chi connectivity index (χ0v) is 10.3. The van der Waals surface area contributed by atoms with Crippen LogP contribution in [0, 0.1) is 0 Å². The summed E-state index contributed by atoms with van der Waals surface area (Å²) in [6, 6.07) is 5.56. The fourth-order valence-corrected chi connectivity index (χ4v) is 2.59. The first-order chi connectivity index (χ1) is 7.15. The zero-order chi connectivity index (χ0) is 11.3. The maximum absolute atomic E-state index is 8.78. The average molecular weight is 246 g/mol. The topological polar surface area (TPSA) is 46.2 Å². The summed E-state index contributed by atoms with van der Waals surface area (Å²) in [5.41, 5.74) is 7.57. The van der Waals surface area contributed by atoms with Crippen LogP contribution in [0.3, 0.4) is 0 Å². The number of aliphatic hydroxyl groups excluding tert-OH is 1. The molecule has 84 valence electrons. The molecule has 1 aromatic rings. The molecule has 0 fully saturated rings. The van der Waals surface area contributed by atoms with Crippen LogP contribution in [0.2, 0.25) is 5.02 Å². The Balaban J connectivity index is 2.57. The SMILES string of the molecule is CC(CCO)SCc1c(N)cccc1Cl. The Morgan fingerprint density at radius 1 is 1.53 bits per heavy atom. The van der Waals surface area contributed by atoms with Gasteiger partial charge in [-0.25, -0.2) is 0 Å². The van der Waals surface area contributed by atoms with E-state index in [9.17, 15) is 0 Å². The monoisotopic (exact) mass is 245 g/mol. The normalized spacial score (nSPS) is 12.7. The summed E-state index contributed by atoms with van der Waals surface area (Å²) in [5.74, 6) is 0.798. The number of benzene rings is 1. The number of anilines is 1. The number of aliphatic hydroxyl groups is 1. The fraction of sp³-hybridized carbons (Fsp3) is 0.455. The van der Waals surface area contributed by atoms with Gasteiger partial charge in [0.2, 0.25) is 0 Å². The van der Waals surface area contributed by atoms with Gasteiger partial charge in [0, 0.05) is 33.9 Å². The second kappa shape index (κ2) is 6.26. The molecule has 0 saturated heterocycles. The van der Waals surface area contributed by atoms with Crippen LogP contribution in [-0.4, -0.2) is 17.0 Å². The van der Waals surface area contributed by atoms with E-state index in [2.05, 4.69) is 6.92 Å². The van der Waals surface area contributed by atoms with Crippen LogP contribution in [0.25, 0.3) is 0 Å². The van der Waals surface area contributed by atoms with E-state index in [1.54, 1.807) is 11.8 Å². The van der Waals surface area contributed by atoms with Crippen molar-refractivity contribution in [3.63, 3.8) is 0 Å². The number of rotatable bonds is 5. The highest BCUT2D eigenvalue weighted by Crippen LogP contribution is 2.28. The first kappa shape index (κ1) is 12.7. The molecule has 0 radical (unpaired) electrons. The lowest BCUT2D eigenvalue weighted by Crippen LogP contribution is -2.01. The Kier molecular flexibility index (Phi) is 5.29. The maximum Gasteiger partial charge on any atom is 0.0466 e. The Morgan fingerprint density at radius 2 is 2.27 bits per heavy atom. The lowest BCUT2D eigenvalue weighted by atomic mass is 10.2. The number of hydrogen-bond acceptors (Lipinski definition) is 3. The van der Waals surface area contributed by atoms with Gasteiger partial charge in [0.15, 0.2) is 0 Å². The third kappa shape index (κ3) is 3.93. The summed E-state index contributed by atoms with van der Waals surface area (Å²) in [4.78, 5) is 0. The molecule has 0 heterocycles. The summed E-state index contributed by atoms with van der Waals surface area (Å²) in [7, 11) is 0. The van der Waals surface area contributed by atoms with Crippen molar-refractivity contribution in [1.82, 2.24) is 0 Å². The minimum atomic E-state index is 0.228. The molecule has 1 atom stereocenters. The van der Waals surface area contributed by atoms with Gasteiger partial charge >= 0.3 is 0 Å². The molecular weight excluding hydrogens is 230 g/mol. The average Bonchev–Trinajstić information content (AvgIpc) is 2.17. The summed E-state index contributed by atoms with van der Waals surface area (Å²) in [5, 5.41) is 9.92. The fourth-order valence-electron chi connectivity index (χ4n) is 1.22. The molecule has 1 unspecified atom stereocenters. The van der Waals surface area contributed by atoms with Gasteiger partial charge in [-0.15, -0.1) is 0 Å². The summed E-state index contributed by atoms with van der Waals surface area (Å²) >= 11 is 7.81. The predicted molar refractivity (Wildman–Crippen MR) is 68.3 cm³/mol. The first-order valence-electron chi connectivity index (χ1n) is 4.90. The molecule has 0 saturated carbocycles. The Hall–Kier alpha value is -0.380. The molecule has 4 heteroatoms. The largest absolute Gasteiger partial charge is 0.398 e. The van der Waals surface area contributed by atoms with Crippen LogP contribution >= 0.6 is 23.4 Å². The highest BCUT2D eigenvalue weighted by Gasteiger charge is 2.07. The van der Waals surface area contributed by atoms with Crippen molar-refractivity contribution in [3.8, 4) is 0 Å². The van der Waals surface area contributed by atoms with E-state index in [-0.39, 0.29) is 6.61 Å². The van der Waals surface area contributed by atoms with Crippen molar-refractivity contribution < 1.29 is 5.11 Å². The molecule has 0 aromatic heterocycles. The minimum absolute atomic E-state index is 0.228. The van der Waals surface area contributed by atoms with E-state index in [1.165, 1.54) is 0 Å². The molecule has 0 amide bonds. The summed E-state index contributed by atoms with van der Waals surface area (Å²) in [6.45, 7) is 2.32. The smallest absolute Gasteiger partial charge is 0.0466 e. The van der Waals surface area contributed by atoms with Crippen LogP contribution < -0.4 is 5.73 Å². The summed E-state index contributed by atoms with van der Waals surface area (Å²) < 4.78 is 0. The molecule has 0 aliphatic heterocycles. The number of nitrogen functional groups attached to an aromatic ring is 1. The van der Waals surface area contributed by atoms with Gasteiger partial charge in [0.1, 0.15) is 0 Å². The Labute approximate surface area is 99.8 Å². The number of halogens is 1. The number of nitrogens with two attached hydrogens (primary N) is 1. The van der Waals surface area contributed by atoms with Crippen LogP contribution in [-0.2, 0) is 5.75 Å². The van der Waals surface area contributed by atoms with E-state index >= 15 is 0 Å². The number of hydrogen-bond donors (Lipinski definition) is 2. The van der Waals surface area contributed by atoms with Crippen molar-refractivity contribution in [2.45, 2.75) is 24.3 Å². The van der Waals surface area contributed by atoms with Crippen molar-refractivity contribution in [2.75, 3.05) is 12.3 Å². The second-order valence-electron chi connectivity index (χ2n) is 3.44. The van der Waals surface area contributed by atoms with Gasteiger partial charge in [-0.2, -0.15) is 11.8 Å². The quantitative estimate of drug-likeness (QED) is 0.785. The second-order valence-corrected chi connectivity index (χ2v) is 5.28. The molecule has 1 aromatic carbocycles. The van der Waals surface area contributed by atoms with Crippen LogP contribution in [0.15, 0.2) is 18.2 Å². The molecule has 2 nitrogen and oxygen atoms in total. The highest BCUT2D eigenvalue weighted by molar-refractivity contribution is 7.99. The van der Waals surface area contributed by atoms with E-state index in [4.69, 9.17) is 22.4 Å². The van der Waals surface area contributed by atoms with Crippen molar-refractivity contribution in [3.05, 3.63) is 28.8 Å². The molecule has 0 spiro atoms. The zero-order valence-electron chi connectivity index (χ0n) is 8.74. The lowest BCUT2D eigenvalue weighted by molar-refractivity contribution is 0.289. The van der Waals surface area contributed by atoms with Crippen LogP contribution in [0.1, 0.15) is 18.9 Å². The van der Waals surface area contributed by atoms with E-state index in [0.29, 0.717) is 5.25 Å². The van der Waals surface area contributed by atoms with E-state index < -0.39 is 0 Å².